The molecule has 0 N–H and O–H groups in total. The van der Waals surface area contributed by atoms with Gasteiger partial charge < -0.3 is 9.47 Å². The van der Waals surface area contributed by atoms with Gasteiger partial charge in [0.15, 0.2) is 0 Å². The van der Waals surface area contributed by atoms with Gasteiger partial charge in [-0.2, -0.15) is 0 Å². The van der Waals surface area contributed by atoms with E-state index in [2.05, 4.69) is 0 Å². The Hall–Kier alpha value is -1.06. The fraction of sp³-hybridized carbons (Fsp3) is 0.833. The van der Waals surface area contributed by atoms with E-state index in [0.717, 1.165) is 25.7 Å². The molecule has 0 aromatic carbocycles. The molecular weight excluding hydrogens is 208 g/mol. The molecule has 0 aromatic rings. The number of fused-ring (bicyclic) bond motifs is 1. The minimum absolute atomic E-state index is 0.0445. The van der Waals surface area contributed by atoms with E-state index in [0.29, 0.717) is 11.8 Å². The first-order valence-electron chi connectivity index (χ1n) is 5.92. The first kappa shape index (κ1) is 11.4. The Bertz CT molecular complexity index is 269. The van der Waals surface area contributed by atoms with Gasteiger partial charge in [-0.25, -0.2) is 0 Å². The van der Waals surface area contributed by atoms with Gasteiger partial charge >= 0.3 is 11.9 Å². The fourth-order valence-corrected chi connectivity index (χ4v) is 3.21. The SMILES string of the molecule is CC(=O)O[C@H]1CC[C@@H]2[C@H]1CC[C@@H]2OC(C)=O. The van der Waals surface area contributed by atoms with Gasteiger partial charge in [-0.3, -0.25) is 9.59 Å². The lowest BCUT2D eigenvalue weighted by atomic mass is 9.98. The topological polar surface area (TPSA) is 52.6 Å². The summed E-state index contributed by atoms with van der Waals surface area (Å²) in [6, 6.07) is 0. The molecule has 0 heterocycles. The Morgan fingerprint density at radius 1 is 0.812 bits per heavy atom. The standard InChI is InChI=1S/C12H18O4/c1-7(13)15-11-5-3-10-9(11)4-6-12(10)16-8(2)14/h9-12H,3-6H2,1-2H3/t9-,10-,11+,12+/m1/s1. The predicted molar refractivity (Wildman–Crippen MR) is 56.6 cm³/mol. The van der Waals surface area contributed by atoms with Gasteiger partial charge in [0.2, 0.25) is 0 Å². The zero-order chi connectivity index (χ0) is 11.7. The van der Waals surface area contributed by atoms with Crippen molar-refractivity contribution in [2.75, 3.05) is 0 Å². The average molecular weight is 226 g/mol. The van der Waals surface area contributed by atoms with Crippen LogP contribution in [0.3, 0.4) is 0 Å². The summed E-state index contributed by atoms with van der Waals surface area (Å²) in [5, 5.41) is 0. The molecule has 4 atom stereocenters. The molecule has 0 aromatic heterocycles. The van der Waals surface area contributed by atoms with Crippen LogP contribution in [0.1, 0.15) is 39.5 Å². The second kappa shape index (κ2) is 4.44. The maximum Gasteiger partial charge on any atom is 0.302 e. The summed E-state index contributed by atoms with van der Waals surface area (Å²) in [5.74, 6) is 0.379. The monoisotopic (exact) mass is 226 g/mol. The van der Waals surface area contributed by atoms with E-state index in [1.807, 2.05) is 0 Å². The van der Waals surface area contributed by atoms with Crippen molar-refractivity contribution in [3.05, 3.63) is 0 Å². The molecule has 0 unspecified atom stereocenters. The maximum absolute atomic E-state index is 10.9. The Kier molecular flexibility index (Phi) is 3.17. The first-order chi connectivity index (χ1) is 7.58. The smallest absolute Gasteiger partial charge is 0.302 e. The van der Waals surface area contributed by atoms with Crippen molar-refractivity contribution in [3.63, 3.8) is 0 Å². The summed E-state index contributed by atoms with van der Waals surface area (Å²) in [4.78, 5) is 21.9. The van der Waals surface area contributed by atoms with E-state index in [-0.39, 0.29) is 24.1 Å². The molecule has 2 aliphatic carbocycles. The molecular formula is C12H18O4. The van der Waals surface area contributed by atoms with Gasteiger partial charge in [-0.1, -0.05) is 0 Å². The zero-order valence-corrected chi connectivity index (χ0v) is 9.77. The third-order valence-electron chi connectivity index (χ3n) is 3.71. The highest BCUT2D eigenvalue weighted by molar-refractivity contribution is 5.66. The Morgan fingerprint density at radius 3 is 1.50 bits per heavy atom. The molecule has 90 valence electrons. The van der Waals surface area contributed by atoms with Gasteiger partial charge in [-0.15, -0.1) is 0 Å². The molecule has 0 saturated heterocycles. The molecule has 16 heavy (non-hydrogen) atoms. The summed E-state index contributed by atoms with van der Waals surface area (Å²) >= 11 is 0. The number of carbonyl (C=O) groups excluding carboxylic acids is 2. The quantitative estimate of drug-likeness (QED) is 0.672. The highest BCUT2D eigenvalue weighted by Crippen LogP contribution is 2.46. The molecule has 2 rings (SSSR count). The third kappa shape index (κ3) is 2.20. The van der Waals surface area contributed by atoms with Crippen LogP contribution in [0, 0.1) is 11.8 Å². The molecule has 2 fully saturated rings. The highest BCUT2D eigenvalue weighted by atomic mass is 16.6. The number of rotatable bonds is 2. The van der Waals surface area contributed by atoms with Gasteiger partial charge in [0, 0.05) is 25.7 Å². The number of ether oxygens (including phenoxy) is 2. The van der Waals surface area contributed by atoms with E-state index in [9.17, 15) is 9.59 Å². The number of hydrogen-bond acceptors (Lipinski definition) is 4. The first-order valence-corrected chi connectivity index (χ1v) is 5.92. The second-order valence-corrected chi connectivity index (χ2v) is 4.78. The number of hydrogen-bond donors (Lipinski definition) is 0. The summed E-state index contributed by atoms with van der Waals surface area (Å²) in [6.07, 6.45) is 3.91. The Labute approximate surface area is 95.3 Å². The van der Waals surface area contributed by atoms with E-state index >= 15 is 0 Å². The molecule has 0 amide bonds. The van der Waals surface area contributed by atoms with Crippen LogP contribution in [0.25, 0.3) is 0 Å². The summed E-state index contributed by atoms with van der Waals surface area (Å²) < 4.78 is 10.6. The van der Waals surface area contributed by atoms with E-state index in [1.54, 1.807) is 0 Å². The molecule has 2 aliphatic rings. The lowest BCUT2D eigenvalue weighted by Gasteiger charge is -2.20. The van der Waals surface area contributed by atoms with Crippen LogP contribution in [-0.2, 0) is 19.1 Å². The Morgan fingerprint density at radius 2 is 1.19 bits per heavy atom. The van der Waals surface area contributed by atoms with Crippen molar-refractivity contribution >= 4 is 11.9 Å². The normalized spacial score (nSPS) is 36.9. The zero-order valence-electron chi connectivity index (χ0n) is 9.77. The Balaban J connectivity index is 1.95. The minimum atomic E-state index is -0.207. The molecule has 4 heteroatoms. The van der Waals surface area contributed by atoms with Crippen molar-refractivity contribution in [2.45, 2.75) is 51.7 Å². The largest absolute Gasteiger partial charge is 0.462 e. The molecule has 0 aliphatic heterocycles. The lowest BCUT2D eigenvalue weighted by molar-refractivity contribution is -0.150. The number of esters is 2. The van der Waals surface area contributed by atoms with Crippen LogP contribution < -0.4 is 0 Å². The van der Waals surface area contributed by atoms with Gasteiger partial charge in [0.05, 0.1) is 0 Å². The highest BCUT2D eigenvalue weighted by Gasteiger charge is 2.47. The van der Waals surface area contributed by atoms with Crippen LogP contribution in [0.2, 0.25) is 0 Å². The summed E-state index contributed by atoms with van der Waals surface area (Å²) in [5.41, 5.74) is 0. The van der Waals surface area contributed by atoms with Crippen molar-refractivity contribution in [2.24, 2.45) is 11.8 Å². The average Bonchev–Trinajstić information content (AvgIpc) is 2.70. The molecule has 2 saturated carbocycles. The second-order valence-electron chi connectivity index (χ2n) is 4.78. The van der Waals surface area contributed by atoms with Crippen molar-refractivity contribution in [3.8, 4) is 0 Å². The molecule has 0 bridgehead atoms. The van der Waals surface area contributed by atoms with E-state index in [4.69, 9.17) is 9.47 Å². The minimum Gasteiger partial charge on any atom is -0.462 e. The van der Waals surface area contributed by atoms with E-state index < -0.39 is 0 Å². The predicted octanol–water partition coefficient (Wildman–Crippen LogP) is 1.67. The third-order valence-corrected chi connectivity index (χ3v) is 3.71. The van der Waals surface area contributed by atoms with Crippen molar-refractivity contribution < 1.29 is 19.1 Å². The number of carbonyl (C=O) groups is 2. The van der Waals surface area contributed by atoms with Crippen LogP contribution in [0.15, 0.2) is 0 Å². The van der Waals surface area contributed by atoms with Crippen LogP contribution in [0.4, 0.5) is 0 Å². The van der Waals surface area contributed by atoms with Crippen molar-refractivity contribution in [1.29, 1.82) is 0 Å². The summed E-state index contributed by atoms with van der Waals surface area (Å²) in [7, 11) is 0. The van der Waals surface area contributed by atoms with Crippen molar-refractivity contribution in [1.82, 2.24) is 0 Å². The van der Waals surface area contributed by atoms with Gasteiger partial charge in [0.1, 0.15) is 12.2 Å². The van der Waals surface area contributed by atoms with E-state index in [1.165, 1.54) is 13.8 Å². The van der Waals surface area contributed by atoms with Crippen LogP contribution in [0.5, 0.6) is 0 Å². The van der Waals surface area contributed by atoms with Crippen LogP contribution in [-0.4, -0.2) is 24.1 Å². The van der Waals surface area contributed by atoms with Gasteiger partial charge in [-0.05, 0) is 25.7 Å². The van der Waals surface area contributed by atoms with Crippen LogP contribution >= 0.6 is 0 Å². The molecule has 4 nitrogen and oxygen atoms in total. The summed E-state index contributed by atoms with van der Waals surface area (Å²) in [6.45, 7) is 2.90. The van der Waals surface area contributed by atoms with Gasteiger partial charge in [0.25, 0.3) is 0 Å². The molecule has 0 radical (unpaired) electrons. The maximum atomic E-state index is 10.9. The lowest BCUT2D eigenvalue weighted by Crippen LogP contribution is -2.25. The fourth-order valence-electron chi connectivity index (χ4n) is 3.21. The molecule has 0 spiro atoms.